The maximum atomic E-state index is 14.3. The third-order valence-corrected chi connectivity index (χ3v) is 8.37. The number of anilines is 1. The molecule has 1 fully saturated rings. The van der Waals surface area contributed by atoms with Crippen LogP contribution in [-0.4, -0.2) is 33.8 Å². The maximum absolute atomic E-state index is 14.3. The van der Waals surface area contributed by atoms with Gasteiger partial charge in [0.25, 0.3) is 5.56 Å². The smallest absolute Gasteiger partial charge is 0.407 e. The second kappa shape index (κ2) is 15.7. The highest BCUT2D eigenvalue weighted by atomic mass is 31.2. The van der Waals surface area contributed by atoms with Crippen LogP contribution in [0.15, 0.2) is 23.1 Å². The number of aromatic amines is 1. The molecular formula is C31H33F3N5O5P. The van der Waals surface area contributed by atoms with Gasteiger partial charge in [-0.2, -0.15) is 4.98 Å². The number of ether oxygens (including phenoxy) is 1. The van der Waals surface area contributed by atoms with E-state index in [1.165, 1.54) is 0 Å². The number of H-pyrrole nitrogens is 1. The Balaban J connectivity index is 1.49. The van der Waals surface area contributed by atoms with E-state index in [0.717, 1.165) is 12.8 Å². The summed E-state index contributed by atoms with van der Waals surface area (Å²) in [6.45, 7) is -0.183. The fourth-order valence-corrected chi connectivity index (χ4v) is 6.11. The number of terminal acetylenes is 2. The number of halogens is 3. The van der Waals surface area contributed by atoms with Crippen LogP contribution in [0.3, 0.4) is 0 Å². The Morgan fingerprint density at radius 1 is 1.11 bits per heavy atom. The molecule has 0 bridgehead atoms. The van der Waals surface area contributed by atoms with Gasteiger partial charge in [0.1, 0.15) is 12.0 Å². The predicted octanol–water partition coefficient (Wildman–Crippen LogP) is 5.54. The van der Waals surface area contributed by atoms with E-state index >= 15 is 0 Å². The van der Waals surface area contributed by atoms with E-state index in [9.17, 15) is 22.5 Å². The van der Waals surface area contributed by atoms with Crippen molar-refractivity contribution in [1.29, 1.82) is 0 Å². The van der Waals surface area contributed by atoms with E-state index < -0.39 is 48.8 Å². The van der Waals surface area contributed by atoms with Gasteiger partial charge in [0, 0.05) is 44.1 Å². The van der Waals surface area contributed by atoms with Crippen molar-refractivity contribution in [2.45, 2.75) is 70.1 Å². The number of aromatic nitrogens is 3. The monoisotopic (exact) mass is 643 g/mol. The van der Waals surface area contributed by atoms with Crippen LogP contribution in [0, 0.1) is 54.0 Å². The number of nitrogens with two attached hydrogens (primary N) is 1. The SMILES string of the molecule is C#CCCCCC#Cc1cn([C@H]2CC[C@@H](CNP(=O)(OCCCCC#C)Oc3c(F)cc(F)cc3F)O2)c2nc(N)[nH]c(=O)c12. The van der Waals surface area contributed by atoms with Crippen molar-refractivity contribution in [3.8, 4) is 42.3 Å². The maximum Gasteiger partial charge on any atom is 0.459 e. The van der Waals surface area contributed by atoms with E-state index in [1.807, 2.05) is 0 Å². The average Bonchev–Trinajstić information content (AvgIpc) is 3.60. The van der Waals surface area contributed by atoms with Crippen LogP contribution in [0.25, 0.3) is 11.0 Å². The zero-order valence-corrected chi connectivity index (χ0v) is 25.3. The lowest BCUT2D eigenvalue weighted by Gasteiger charge is -2.22. The summed E-state index contributed by atoms with van der Waals surface area (Å²) in [5.41, 5.74) is 6.13. The van der Waals surface area contributed by atoms with Gasteiger partial charge in [-0.25, -0.2) is 22.8 Å². The molecule has 14 heteroatoms. The molecule has 0 saturated carbocycles. The average molecular weight is 644 g/mol. The summed E-state index contributed by atoms with van der Waals surface area (Å²) >= 11 is 0. The summed E-state index contributed by atoms with van der Waals surface area (Å²) < 4.78 is 74.1. The zero-order chi connectivity index (χ0) is 32.4. The molecule has 10 nitrogen and oxygen atoms in total. The van der Waals surface area contributed by atoms with Crippen LogP contribution >= 0.6 is 7.75 Å². The van der Waals surface area contributed by atoms with Gasteiger partial charge in [0.05, 0.1) is 23.7 Å². The van der Waals surface area contributed by atoms with Crippen molar-refractivity contribution < 1.29 is 31.5 Å². The summed E-state index contributed by atoms with van der Waals surface area (Å²) in [5, 5.41) is 2.88. The number of hydrogen-bond acceptors (Lipinski definition) is 7. The Hall–Kier alpha value is -4.18. The molecule has 1 aliphatic rings. The molecule has 1 aliphatic heterocycles. The standard InChI is InChI=1S/C31H33F3N5O5P/c1-3-5-7-9-10-11-13-21-20-39(29-27(21)30(40)38-31(35)37-29)26-15-14-23(43-26)19-36-45(41,42-16-12-8-6-4-2)44-28-24(33)17-22(32)18-25(28)34/h1-2,17-18,20,23,26H,5-10,12,14-16,19H2,(H,36,41)(H3,35,37,38,40)/t23-,26+,45?/m0/s1. The lowest BCUT2D eigenvalue weighted by atomic mass is 10.2. The third kappa shape index (κ3) is 8.94. The minimum absolute atomic E-state index is 0.0744. The number of unbranched alkanes of at least 4 members (excludes halogenated alkanes) is 5. The molecular weight excluding hydrogens is 610 g/mol. The summed E-state index contributed by atoms with van der Waals surface area (Å²) in [6.07, 6.45) is 16.4. The van der Waals surface area contributed by atoms with Crippen molar-refractivity contribution >= 4 is 24.7 Å². The number of fused-ring (bicyclic) bond motifs is 1. The van der Waals surface area contributed by atoms with Crippen LogP contribution < -0.4 is 20.9 Å². The molecule has 238 valence electrons. The highest BCUT2D eigenvalue weighted by Gasteiger charge is 2.34. The minimum Gasteiger partial charge on any atom is -0.407 e. The highest BCUT2D eigenvalue weighted by molar-refractivity contribution is 7.52. The van der Waals surface area contributed by atoms with Gasteiger partial charge in [-0.3, -0.25) is 14.3 Å². The van der Waals surface area contributed by atoms with Crippen LogP contribution in [0.2, 0.25) is 0 Å². The van der Waals surface area contributed by atoms with Crippen LogP contribution in [0.4, 0.5) is 19.1 Å². The Morgan fingerprint density at radius 2 is 1.80 bits per heavy atom. The van der Waals surface area contributed by atoms with Gasteiger partial charge >= 0.3 is 7.75 Å². The van der Waals surface area contributed by atoms with E-state index in [1.54, 1.807) is 10.8 Å². The Labute approximate surface area is 258 Å². The lowest BCUT2D eigenvalue weighted by molar-refractivity contribution is 0.00658. The molecule has 3 aromatic rings. The van der Waals surface area contributed by atoms with Gasteiger partial charge in [-0.1, -0.05) is 11.8 Å². The van der Waals surface area contributed by atoms with Gasteiger partial charge < -0.3 is 19.6 Å². The Bertz CT molecular complexity index is 1740. The fourth-order valence-electron chi connectivity index (χ4n) is 4.69. The molecule has 0 amide bonds. The van der Waals surface area contributed by atoms with Crippen molar-refractivity contribution in [2.24, 2.45) is 0 Å². The normalized spacial score (nSPS) is 17.3. The van der Waals surface area contributed by atoms with E-state index in [4.69, 9.17) is 32.4 Å². The second-order valence-electron chi connectivity index (χ2n) is 10.2. The first-order valence-electron chi connectivity index (χ1n) is 14.4. The van der Waals surface area contributed by atoms with Crippen LogP contribution in [-0.2, 0) is 13.8 Å². The van der Waals surface area contributed by atoms with Crippen LogP contribution in [0.5, 0.6) is 5.75 Å². The summed E-state index contributed by atoms with van der Waals surface area (Å²) in [7, 11) is -4.37. The molecule has 1 aromatic carbocycles. The van der Waals surface area contributed by atoms with Gasteiger partial charge in [-0.15, -0.1) is 24.7 Å². The lowest BCUT2D eigenvalue weighted by Crippen LogP contribution is -2.28. The fraction of sp³-hybridized carbons (Fsp3) is 0.419. The topological polar surface area (TPSA) is 133 Å². The number of nitrogens with one attached hydrogen (secondary N) is 2. The Kier molecular flexibility index (Phi) is 11.8. The molecule has 4 rings (SSSR count). The summed E-state index contributed by atoms with van der Waals surface area (Å²) in [5.74, 6) is 6.13. The Morgan fingerprint density at radius 3 is 2.51 bits per heavy atom. The second-order valence-corrected chi connectivity index (χ2v) is 12.0. The minimum atomic E-state index is -4.37. The predicted molar refractivity (Wildman–Crippen MR) is 163 cm³/mol. The molecule has 3 atom stereocenters. The van der Waals surface area contributed by atoms with Crippen molar-refractivity contribution in [1.82, 2.24) is 19.6 Å². The molecule has 3 heterocycles. The van der Waals surface area contributed by atoms with E-state index in [0.29, 0.717) is 62.6 Å². The highest BCUT2D eigenvalue weighted by Crippen LogP contribution is 2.46. The first kappa shape index (κ1) is 33.7. The molecule has 4 N–H and O–H groups in total. The zero-order valence-electron chi connectivity index (χ0n) is 24.4. The molecule has 0 spiro atoms. The van der Waals surface area contributed by atoms with Crippen molar-refractivity contribution in [3.05, 3.63) is 51.7 Å². The number of nitrogen functional groups attached to an aromatic ring is 1. The van der Waals surface area contributed by atoms with Crippen molar-refractivity contribution in [2.75, 3.05) is 18.9 Å². The quantitative estimate of drug-likeness (QED) is 0.118. The van der Waals surface area contributed by atoms with E-state index in [2.05, 4.69) is 38.7 Å². The molecule has 2 aromatic heterocycles. The molecule has 45 heavy (non-hydrogen) atoms. The van der Waals surface area contributed by atoms with Crippen molar-refractivity contribution in [3.63, 3.8) is 0 Å². The summed E-state index contributed by atoms with van der Waals surface area (Å²) in [4.78, 5) is 19.6. The number of benzene rings is 1. The first-order valence-corrected chi connectivity index (χ1v) is 15.9. The molecule has 0 aliphatic carbocycles. The molecule has 1 saturated heterocycles. The number of nitrogens with zero attached hydrogens (tertiary/aromatic N) is 2. The van der Waals surface area contributed by atoms with Gasteiger partial charge in [0.15, 0.2) is 17.3 Å². The molecule has 1 unspecified atom stereocenters. The number of rotatable bonds is 14. The first-order chi connectivity index (χ1) is 21.6. The van der Waals surface area contributed by atoms with Gasteiger partial charge in [0.2, 0.25) is 11.7 Å². The largest absolute Gasteiger partial charge is 0.459 e. The third-order valence-electron chi connectivity index (χ3n) is 6.86. The van der Waals surface area contributed by atoms with Crippen LogP contribution in [0.1, 0.15) is 69.6 Å². The van der Waals surface area contributed by atoms with Gasteiger partial charge in [-0.05, 0) is 38.5 Å². The van der Waals surface area contributed by atoms with E-state index in [-0.39, 0.29) is 30.1 Å². The summed E-state index contributed by atoms with van der Waals surface area (Å²) in [6, 6.07) is 0.817. The molecule has 0 radical (unpaired) electrons. The number of hydrogen-bond donors (Lipinski definition) is 3.